The van der Waals surface area contributed by atoms with Gasteiger partial charge in [-0.25, -0.2) is 8.42 Å². The molecule has 0 spiro atoms. The first kappa shape index (κ1) is 19.9. The van der Waals surface area contributed by atoms with Crippen LogP contribution in [0.1, 0.15) is 30.6 Å². The molecule has 0 fully saturated rings. The van der Waals surface area contributed by atoms with E-state index in [1.165, 1.54) is 24.3 Å². The third kappa shape index (κ3) is 6.46. The van der Waals surface area contributed by atoms with Gasteiger partial charge in [-0.15, -0.1) is 12.4 Å². The molecule has 1 aromatic carbocycles. The third-order valence-corrected chi connectivity index (χ3v) is 4.62. The minimum absolute atomic E-state index is 0. The molecule has 1 amide bonds. The van der Waals surface area contributed by atoms with Crippen molar-refractivity contribution in [2.75, 3.05) is 25.4 Å². The number of hydrogen-bond donors (Lipinski definition) is 2. The maximum atomic E-state index is 11.8. The molecular formula is C14H23ClN2O3S. The number of rotatable bonds is 8. The molecule has 0 aliphatic heterocycles. The smallest absolute Gasteiger partial charge is 0.251 e. The molecule has 0 saturated heterocycles. The second-order valence-corrected chi connectivity index (χ2v) is 6.71. The van der Waals surface area contributed by atoms with Gasteiger partial charge in [-0.3, -0.25) is 4.79 Å². The lowest BCUT2D eigenvalue weighted by Crippen LogP contribution is -2.32. The van der Waals surface area contributed by atoms with E-state index in [1.807, 2.05) is 0 Å². The summed E-state index contributed by atoms with van der Waals surface area (Å²) in [7, 11) is -3.21. The Kier molecular flexibility index (Phi) is 9.24. The maximum Gasteiger partial charge on any atom is 0.251 e. The van der Waals surface area contributed by atoms with Crippen LogP contribution in [0.25, 0.3) is 0 Å². The van der Waals surface area contributed by atoms with Gasteiger partial charge in [0.25, 0.3) is 5.91 Å². The topological polar surface area (TPSA) is 75.3 Å². The average molecular weight is 335 g/mol. The number of benzene rings is 1. The first-order chi connectivity index (χ1) is 9.51. The highest BCUT2D eigenvalue weighted by Crippen LogP contribution is 2.12. The highest BCUT2D eigenvalue weighted by atomic mass is 35.5. The second-order valence-electron chi connectivity index (χ2n) is 4.43. The van der Waals surface area contributed by atoms with E-state index in [9.17, 15) is 13.2 Å². The summed E-state index contributed by atoms with van der Waals surface area (Å²) in [6.45, 7) is 5.88. The predicted molar refractivity (Wildman–Crippen MR) is 86.9 cm³/mol. The second kappa shape index (κ2) is 9.76. The van der Waals surface area contributed by atoms with Gasteiger partial charge in [-0.1, -0.05) is 13.8 Å². The van der Waals surface area contributed by atoms with E-state index in [0.717, 1.165) is 19.5 Å². The number of hydrogen-bond acceptors (Lipinski definition) is 4. The van der Waals surface area contributed by atoms with Crippen molar-refractivity contribution >= 4 is 28.2 Å². The molecule has 0 radical (unpaired) electrons. The van der Waals surface area contributed by atoms with Crippen molar-refractivity contribution in [3.05, 3.63) is 29.8 Å². The van der Waals surface area contributed by atoms with Crippen LogP contribution < -0.4 is 10.6 Å². The lowest BCUT2D eigenvalue weighted by atomic mass is 10.2. The monoisotopic (exact) mass is 334 g/mol. The first-order valence-electron chi connectivity index (χ1n) is 6.83. The van der Waals surface area contributed by atoms with Crippen LogP contribution in [0, 0.1) is 0 Å². The van der Waals surface area contributed by atoms with E-state index in [0.29, 0.717) is 12.1 Å². The zero-order valence-corrected chi connectivity index (χ0v) is 14.0. The van der Waals surface area contributed by atoms with Crippen molar-refractivity contribution in [3.8, 4) is 0 Å². The summed E-state index contributed by atoms with van der Waals surface area (Å²) in [6, 6.07) is 6.03. The van der Waals surface area contributed by atoms with Crippen molar-refractivity contribution in [2.45, 2.75) is 25.2 Å². The molecule has 1 aromatic rings. The van der Waals surface area contributed by atoms with Crippen molar-refractivity contribution in [3.63, 3.8) is 0 Å². The first-order valence-corrected chi connectivity index (χ1v) is 8.48. The normalized spacial score (nSPS) is 10.8. The minimum atomic E-state index is -3.21. The Bertz CT molecular complexity index is 530. The Labute approximate surface area is 132 Å². The van der Waals surface area contributed by atoms with Crippen molar-refractivity contribution in [2.24, 2.45) is 0 Å². The van der Waals surface area contributed by atoms with E-state index in [4.69, 9.17) is 0 Å². The van der Waals surface area contributed by atoms with Gasteiger partial charge >= 0.3 is 0 Å². The molecule has 2 N–H and O–H groups in total. The van der Waals surface area contributed by atoms with Crippen LogP contribution in [0.15, 0.2) is 29.2 Å². The Balaban J connectivity index is 0.00000400. The highest BCUT2D eigenvalue weighted by Gasteiger charge is 2.12. The number of halogens is 1. The largest absolute Gasteiger partial charge is 0.351 e. The summed E-state index contributed by atoms with van der Waals surface area (Å²) in [5, 5.41) is 5.96. The quantitative estimate of drug-likeness (QED) is 0.709. The summed E-state index contributed by atoms with van der Waals surface area (Å²) in [4.78, 5) is 12.1. The zero-order chi connectivity index (χ0) is 15.0. The molecule has 0 unspecified atom stereocenters. The SMILES string of the molecule is CCCNCCNC(=O)c1ccc(S(=O)(=O)CC)cc1.Cl. The molecule has 0 aromatic heterocycles. The molecule has 1 rings (SSSR count). The van der Waals surface area contributed by atoms with Crippen LogP contribution >= 0.6 is 12.4 Å². The van der Waals surface area contributed by atoms with Gasteiger partial charge in [0.15, 0.2) is 9.84 Å². The minimum Gasteiger partial charge on any atom is -0.351 e. The number of sulfone groups is 1. The molecule has 0 aliphatic rings. The summed E-state index contributed by atoms with van der Waals surface area (Å²) in [5.74, 6) is -0.134. The van der Waals surface area contributed by atoms with Crippen LogP contribution in [0.4, 0.5) is 0 Å². The lowest BCUT2D eigenvalue weighted by Gasteiger charge is -2.07. The van der Waals surface area contributed by atoms with Gasteiger partial charge in [0.1, 0.15) is 0 Å². The number of carbonyl (C=O) groups is 1. The fourth-order valence-corrected chi connectivity index (χ4v) is 2.53. The molecule has 0 aliphatic carbocycles. The van der Waals surface area contributed by atoms with Crippen LogP contribution in [0.3, 0.4) is 0 Å². The van der Waals surface area contributed by atoms with Gasteiger partial charge in [-0.2, -0.15) is 0 Å². The highest BCUT2D eigenvalue weighted by molar-refractivity contribution is 7.91. The van der Waals surface area contributed by atoms with Gasteiger partial charge in [0, 0.05) is 18.7 Å². The van der Waals surface area contributed by atoms with E-state index < -0.39 is 9.84 Å². The van der Waals surface area contributed by atoms with Gasteiger partial charge in [0.2, 0.25) is 0 Å². The number of carbonyl (C=O) groups excluding carboxylic acids is 1. The Morgan fingerprint density at radius 2 is 1.67 bits per heavy atom. The fraction of sp³-hybridized carbons (Fsp3) is 0.500. The van der Waals surface area contributed by atoms with Gasteiger partial charge in [-0.05, 0) is 37.2 Å². The number of nitrogens with one attached hydrogen (secondary N) is 2. The molecule has 7 heteroatoms. The predicted octanol–water partition coefficient (Wildman–Crippen LogP) is 1.63. The molecule has 0 heterocycles. The summed E-state index contributed by atoms with van der Waals surface area (Å²) in [6.07, 6.45) is 1.06. The van der Waals surface area contributed by atoms with Gasteiger partial charge in [0.05, 0.1) is 10.6 Å². The fourth-order valence-electron chi connectivity index (χ4n) is 1.65. The Morgan fingerprint density at radius 1 is 1.05 bits per heavy atom. The molecular weight excluding hydrogens is 312 g/mol. The van der Waals surface area contributed by atoms with E-state index >= 15 is 0 Å². The lowest BCUT2D eigenvalue weighted by molar-refractivity contribution is 0.0954. The van der Waals surface area contributed by atoms with Crippen molar-refractivity contribution < 1.29 is 13.2 Å². The third-order valence-electron chi connectivity index (χ3n) is 2.87. The average Bonchev–Trinajstić information content (AvgIpc) is 2.47. The van der Waals surface area contributed by atoms with Crippen LogP contribution in [-0.2, 0) is 9.84 Å². The van der Waals surface area contributed by atoms with Crippen LogP contribution in [0.2, 0.25) is 0 Å². The zero-order valence-electron chi connectivity index (χ0n) is 12.4. The van der Waals surface area contributed by atoms with Crippen molar-refractivity contribution in [1.82, 2.24) is 10.6 Å². The summed E-state index contributed by atoms with van der Waals surface area (Å²) >= 11 is 0. The molecule has 120 valence electrons. The number of amides is 1. The Hall–Kier alpha value is -1.11. The molecule has 0 atom stereocenters. The van der Waals surface area contributed by atoms with Gasteiger partial charge < -0.3 is 10.6 Å². The molecule has 5 nitrogen and oxygen atoms in total. The maximum absolute atomic E-state index is 11.8. The molecule has 0 bridgehead atoms. The standard InChI is InChI=1S/C14H22N2O3S.ClH/c1-3-9-15-10-11-16-14(17)12-5-7-13(8-6-12)20(18,19)4-2;/h5-8,15H,3-4,9-11H2,1-2H3,(H,16,17);1H. The van der Waals surface area contributed by atoms with E-state index in [-0.39, 0.29) is 29.0 Å². The van der Waals surface area contributed by atoms with E-state index in [1.54, 1.807) is 6.92 Å². The molecule has 21 heavy (non-hydrogen) atoms. The molecule has 0 saturated carbocycles. The Morgan fingerprint density at radius 3 is 2.19 bits per heavy atom. The summed E-state index contributed by atoms with van der Waals surface area (Å²) < 4.78 is 23.3. The summed E-state index contributed by atoms with van der Waals surface area (Å²) in [5.41, 5.74) is 0.468. The van der Waals surface area contributed by atoms with E-state index in [2.05, 4.69) is 17.6 Å². The van der Waals surface area contributed by atoms with Crippen LogP contribution in [0.5, 0.6) is 0 Å². The van der Waals surface area contributed by atoms with Crippen molar-refractivity contribution in [1.29, 1.82) is 0 Å². The van der Waals surface area contributed by atoms with Crippen LogP contribution in [-0.4, -0.2) is 39.7 Å².